The van der Waals surface area contributed by atoms with Crippen LogP contribution in [-0.2, 0) is 11.3 Å². The van der Waals surface area contributed by atoms with Crippen LogP contribution >= 0.6 is 0 Å². The summed E-state index contributed by atoms with van der Waals surface area (Å²) in [5.41, 5.74) is -0.428. The zero-order chi connectivity index (χ0) is 20.4. The largest absolute Gasteiger partial charge is 0.394 e. The monoisotopic (exact) mass is 398 g/mol. The summed E-state index contributed by atoms with van der Waals surface area (Å²) in [6.07, 6.45) is 0.722. The molecule has 1 atom stereocenters. The maximum absolute atomic E-state index is 13.9. The first-order valence-electron chi connectivity index (χ1n) is 8.04. The number of pyridine rings is 1. The van der Waals surface area contributed by atoms with Gasteiger partial charge in [0.2, 0.25) is 5.91 Å². The predicted octanol–water partition coefficient (Wildman–Crippen LogP) is 1.84. The summed E-state index contributed by atoms with van der Waals surface area (Å²) in [6, 6.07) is 0.604. The van der Waals surface area contributed by atoms with Gasteiger partial charge in [-0.2, -0.15) is 0 Å². The number of nitrogens with zero attached hydrogens (tertiary/aromatic N) is 2. The Bertz CT molecular complexity index is 941. The van der Waals surface area contributed by atoms with E-state index in [4.69, 9.17) is 0 Å². The molecule has 3 rings (SSSR count). The van der Waals surface area contributed by atoms with Gasteiger partial charge in [-0.05, 0) is 12.1 Å². The van der Waals surface area contributed by atoms with Gasteiger partial charge in [-0.3, -0.25) is 9.78 Å². The van der Waals surface area contributed by atoms with Crippen LogP contribution in [0, 0.1) is 23.3 Å². The number of carbonyl (C=O) groups is 2. The van der Waals surface area contributed by atoms with Crippen molar-refractivity contribution >= 4 is 17.6 Å². The van der Waals surface area contributed by atoms with Gasteiger partial charge in [0, 0.05) is 11.6 Å². The number of benzene rings is 1. The maximum Gasteiger partial charge on any atom is 0.322 e. The predicted molar refractivity (Wildman–Crippen MR) is 87.9 cm³/mol. The molecule has 0 aliphatic carbocycles. The van der Waals surface area contributed by atoms with Gasteiger partial charge in [-0.1, -0.05) is 0 Å². The van der Waals surface area contributed by atoms with Gasteiger partial charge in [0.1, 0.15) is 23.9 Å². The minimum Gasteiger partial charge on any atom is -0.394 e. The number of rotatable bonds is 5. The highest BCUT2D eigenvalue weighted by atomic mass is 19.2. The van der Waals surface area contributed by atoms with E-state index in [-0.39, 0.29) is 23.5 Å². The quantitative estimate of drug-likeness (QED) is 0.670. The minimum absolute atomic E-state index is 0.0892. The molecule has 28 heavy (non-hydrogen) atoms. The second-order valence-corrected chi connectivity index (χ2v) is 6.00. The van der Waals surface area contributed by atoms with Gasteiger partial charge >= 0.3 is 6.03 Å². The number of halogens is 4. The number of fused-ring (bicyclic) bond motifs is 1. The van der Waals surface area contributed by atoms with Gasteiger partial charge < -0.3 is 20.6 Å². The van der Waals surface area contributed by atoms with Gasteiger partial charge in [-0.25, -0.2) is 22.4 Å². The van der Waals surface area contributed by atoms with Crippen LogP contribution in [-0.4, -0.2) is 40.1 Å². The average Bonchev–Trinajstić information content (AvgIpc) is 2.64. The highest BCUT2D eigenvalue weighted by Crippen LogP contribution is 2.27. The van der Waals surface area contributed by atoms with Crippen molar-refractivity contribution in [2.75, 3.05) is 18.5 Å². The third-order valence-electron chi connectivity index (χ3n) is 4.09. The summed E-state index contributed by atoms with van der Waals surface area (Å²) in [4.78, 5) is 28.7. The first-order chi connectivity index (χ1) is 13.3. The van der Waals surface area contributed by atoms with E-state index in [1.165, 1.54) is 6.07 Å². The summed E-state index contributed by atoms with van der Waals surface area (Å²) < 4.78 is 54.0. The molecule has 2 heterocycles. The maximum atomic E-state index is 13.9. The number of carbonyl (C=O) groups excluding carboxylic acids is 2. The zero-order valence-electron chi connectivity index (χ0n) is 14.2. The minimum atomic E-state index is -1.29. The van der Waals surface area contributed by atoms with E-state index in [9.17, 15) is 32.3 Å². The smallest absolute Gasteiger partial charge is 0.322 e. The molecule has 0 radical (unpaired) electrons. The molecule has 11 heteroatoms. The molecule has 0 saturated carbocycles. The topological polar surface area (TPSA) is 94.6 Å². The van der Waals surface area contributed by atoms with Crippen molar-refractivity contribution in [2.24, 2.45) is 0 Å². The molecule has 0 fully saturated rings. The van der Waals surface area contributed by atoms with Crippen LogP contribution in [0.5, 0.6) is 0 Å². The first kappa shape index (κ1) is 19.5. The van der Waals surface area contributed by atoms with Crippen molar-refractivity contribution in [3.05, 3.63) is 58.9 Å². The number of aliphatic hydroxyl groups is 1. The lowest BCUT2D eigenvalue weighted by Gasteiger charge is -2.29. The van der Waals surface area contributed by atoms with Crippen molar-refractivity contribution in [3.8, 4) is 0 Å². The van der Waals surface area contributed by atoms with Crippen molar-refractivity contribution < 1.29 is 32.3 Å². The van der Waals surface area contributed by atoms with Crippen molar-refractivity contribution in [3.63, 3.8) is 0 Å². The molecule has 0 spiro atoms. The van der Waals surface area contributed by atoms with Gasteiger partial charge in [0.25, 0.3) is 0 Å². The normalized spacial score (nSPS) is 14.3. The molecule has 0 saturated heterocycles. The van der Waals surface area contributed by atoms with E-state index in [1.54, 1.807) is 0 Å². The van der Waals surface area contributed by atoms with Crippen LogP contribution in [0.2, 0.25) is 0 Å². The molecule has 0 bridgehead atoms. The van der Waals surface area contributed by atoms with E-state index >= 15 is 0 Å². The highest BCUT2D eigenvalue weighted by Gasteiger charge is 2.29. The highest BCUT2D eigenvalue weighted by molar-refractivity contribution is 5.94. The van der Waals surface area contributed by atoms with Gasteiger partial charge in [0.05, 0.1) is 31.1 Å². The third-order valence-corrected chi connectivity index (χ3v) is 4.09. The summed E-state index contributed by atoms with van der Waals surface area (Å²) in [7, 11) is 0. The molecule has 7 nitrogen and oxygen atoms in total. The van der Waals surface area contributed by atoms with Crippen LogP contribution < -0.4 is 10.6 Å². The van der Waals surface area contributed by atoms with Gasteiger partial charge in [0.15, 0.2) is 11.6 Å². The fraction of sp³-hybridized carbons (Fsp3) is 0.235. The van der Waals surface area contributed by atoms with Crippen molar-refractivity contribution in [2.45, 2.75) is 12.6 Å². The zero-order valence-corrected chi connectivity index (χ0v) is 14.2. The molecule has 2 aromatic rings. The molecular formula is C17H14F4N4O3. The lowest BCUT2D eigenvalue weighted by Crippen LogP contribution is -2.46. The van der Waals surface area contributed by atoms with Crippen LogP contribution in [0.15, 0.2) is 24.4 Å². The van der Waals surface area contributed by atoms with Crippen LogP contribution in [0.4, 0.5) is 28.0 Å². The van der Waals surface area contributed by atoms with E-state index in [0.717, 1.165) is 17.2 Å². The number of aromatic nitrogens is 1. The van der Waals surface area contributed by atoms with Crippen molar-refractivity contribution in [1.29, 1.82) is 0 Å². The molecule has 148 valence electrons. The Morgan fingerprint density at radius 1 is 1.29 bits per heavy atom. The van der Waals surface area contributed by atoms with Crippen molar-refractivity contribution in [1.82, 2.24) is 15.2 Å². The molecule has 3 amide bonds. The molecule has 1 aliphatic heterocycles. The Morgan fingerprint density at radius 2 is 2.04 bits per heavy atom. The second-order valence-electron chi connectivity index (χ2n) is 6.00. The Labute approximate surface area is 156 Å². The molecular weight excluding hydrogens is 384 g/mol. The number of anilines is 1. The molecule has 1 aromatic heterocycles. The van der Waals surface area contributed by atoms with E-state index < -0.39 is 54.4 Å². The molecule has 1 aliphatic rings. The molecule has 3 N–H and O–H groups in total. The lowest BCUT2D eigenvalue weighted by atomic mass is 10.1. The van der Waals surface area contributed by atoms with Crippen LogP contribution in [0.3, 0.4) is 0 Å². The fourth-order valence-corrected chi connectivity index (χ4v) is 2.74. The Hall–Kier alpha value is -3.21. The second kappa shape index (κ2) is 7.80. The summed E-state index contributed by atoms with van der Waals surface area (Å²) in [6.45, 7) is -1.69. The molecule has 0 unspecified atom stereocenters. The number of hydrogen-bond donors (Lipinski definition) is 3. The first-order valence-corrected chi connectivity index (χ1v) is 8.04. The van der Waals surface area contributed by atoms with E-state index in [2.05, 4.69) is 15.6 Å². The summed E-state index contributed by atoms with van der Waals surface area (Å²) in [5.74, 6) is -5.06. The van der Waals surface area contributed by atoms with Crippen LogP contribution in [0.25, 0.3) is 0 Å². The number of amides is 3. The lowest BCUT2D eigenvalue weighted by molar-refractivity contribution is -0.122. The Morgan fingerprint density at radius 3 is 2.71 bits per heavy atom. The summed E-state index contributed by atoms with van der Waals surface area (Å²) >= 11 is 0. The number of nitrogens with one attached hydrogen (secondary N) is 2. The molecule has 1 aromatic carbocycles. The Balaban J connectivity index is 1.71. The third kappa shape index (κ3) is 3.88. The number of hydrogen-bond acceptors (Lipinski definition) is 4. The van der Waals surface area contributed by atoms with E-state index in [0.29, 0.717) is 6.07 Å². The summed E-state index contributed by atoms with van der Waals surface area (Å²) in [5, 5.41) is 14.0. The fourth-order valence-electron chi connectivity index (χ4n) is 2.74. The average molecular weight is 398 g/mol. The SMILES string of the molecule is O=C(CN1Cc2c(ccc(F)c2F)NC1=O)N[C@@H](CO)c1ncc(F)cc1F. The number of urea groups is 1. The van der Waals surface area contributed by atoms with Gasteiger partial charge in [-0.15, -0.1) is 0 Å². The van der Waals surface area contributed by atoms with Crippen LogP contribution in [0.1, 0.15) is 17.3 Å². The standard InChI is InChI=1S/C17H14F4N4O3/c18-8-3-11(20)16(22-4-8)13(7-26)23-14(27)6-25-5-9-12(24-17(25)28)2-1-10(19)15(9)21/h1-4,13,26H,5-7H2,(H,23,27)(H,24,28)/t13-/m0/s1. The Kier molecular flexibility index (Phi) is 5.45. The number of aliphatic hydroxyl groups excluding tert-OH is 1. The van der Waals surface area contributed by atoms with E-state index in [1.807, 2.05) is 0 Å².